The molecule has 1 unspecified atom stereocenters. The molecule has 2 aromatic heterocycles. The van der Waals surface area contributed by atoms with Crippen LogP contribution in [0, 0.1) is 0 Å². The van der Waals surface area contributed by atoms with Crippen molar-refractivity contribution in [3.05, 3.63) is 39.8 Å². The van der Waals surface area contributed by atoms with Crippen molar-refractivity contribution in [3.8, 4) is 0 Å². The highest BCUT2D eigenvalue weighted by atomic mass is 35.5. The van der Waals surface area contributed by atoms with Crippen LogP contribution in [0.4, 0.5) is 5.95 Å². The standard InChI is InChI=1S/C11H12ClN3OS/c12-8-6-14-11(15-7-8)13-4-3-9(16)10-2-1-5-17-10/h1-2,5-7,9,16H,3-4H2,(H,13,14,15). The lowest BCUT2D eigenvalue weighted by Crippen LogP contribution is -2.08. The summed E-state index contributed by atoms with van der Waals surface area (Å²) in [6.45, 7) is 0.612. The molecule has 1 atom stereocenters. The smallest absolute Gasteiger partial charge is 0.222 e. The first-order chi connectivity index (χ1) is 8.25. The van der Waals surface area contributed by atoms with Gasteiger partial charge in [-0.3, -0.25) is 0 Å². The van der Waals surface area contributed by atoms with E-state index in [4.69, 9.17) is 11.6 Å². The SMILES string of the molecule is OC(CCNc1ncc(Cl)cn1)c1cccs1. The molecule has 2 N–H and O–H groups in total. The van der Waals surface area contributed by atoms with Gasteiger partial charge in [-0.05, 0) is 17.9 Å². The Bertz CT molecular complexity index is 446. The molecular formula is C11H12ClN3OS. The zero-order valence-electron chi connectivity index (χ0n) is 9.01. The largest absolute Gasteiger partial charge is 0.388 e. The third kappa shape index (κ3) is 3.66. The van der Waals surface area contributed by atoms with Crippen LogP contribution in [0.2, 0.25) is 5.02 Å². The second-order valence-electron chi connectivity index (χ2n) is 3.47. The first-order valence-corrected chi connectivity index (χ1v) is 6.44. The van der Waals surface area contributed by atoms with Crippen LogP contribution in [0.15, 0.2) is 29.9 Å². The van der Waals surface area contributed by atoms with E-state index in [9.17, 15) is 5.11 Å². The molecule has 2 rings (SSSR count). The van der Waals surface area contributed by atoms with Gasteiger partial charge in [0.15, 0.2) is 0 Å². The van der Waals surface area contributed by atoms with Crippen molar-refractivity contribution in [3.63, 3.8) is 0 Å². The Morgan fingerprint density at radius 1 is 1.41 bits per heavy atom. The molecule has 6 heteroatoms. The summed E-state index contributed by atoms with van der Waals surface area (Å²) in [4.78, 5) is 8.99. The quantitative estimate of drug-likeness (QED) is 0.876. The molecule has 90 valence electrons. The molecule has 0 spiro atoms. The Morgan fingerprint density at radius 2 is 2.18 bits per heavy atom. The Kier molecular flexibility index (Phi) is 4.30. The predicted octanol–water partition coefficient (Wildman–Crippen LogP) is 2.73. The first kappa shape index (κ1) is 12.3. The van der Waals surface area contributed by atoms with Crippen LogP contribution in [0.25, 0.3) is 0 Å². The number of nitrogens with one attached hydrogen (secondary N) is 1. The van der Waals surface area contributed by atoms with Crippen molar-refractivity contribution in [2.24, 2.45) is 0 Å². The molecule has 4 nitrogen and oxygen atoms in total. The Labute approximate surface area is 108 Å². The van der Waals surface area contributed by atoms with Crippen LogP contribution >= 0.6 is 22.9 Å². The molecule has 17 heavy (non-hydrogen) atoms. The number of hydrogen-bond acceptors (Lipinski definition) is 5. The zero-order chi connectivity index (χ0) is 12.1. The minimum absolute atomic E-state index is 0.435. The summed E-state index contributed by atoms with van der Waals surface area (Å²) in [5.41, 5.74) is 0. The Balaban J connectivity index is 1.78. The van der Waals surface area contributed by atoms with Gasteiger partial charge in [0.25, 0.3) is 0 Å². The average molecular weight is 270 g/mol. The average Bonchev–Trinajstić information content (AvgIpc) is 2.85. The third-order valence-corrected chi connectivity index (χ3v) is 3.36. The Hall–Kier alpha value is -1.17. The number of aromatic nitrogens is 2. The van der Waals surface area contributed by atoms with Crippen molar-refractivity contribution in [1.82, 2.24) is 9.97 Å². The van der Waals surface area contributed by atoms with Gasteiger partial charge in [-0.2, -0.15) is 0 Å². The summed E-state index contributed by atoms with van der Waals surface area (Å²) >= 11 is 7.23. The summed E-state index contributed by atoms with van der Waals surface area (Å²) in [5, 5.41) is 15.3. The van der Waals surface area contributed by atoms with E-state index in [1.165, 1.54) is 12.4 Å². The minimum atomic E-state index is -0.435. The van der Waals surface area contributed by atoms with Crippen molar-refractivity contribution < 1.29 is 5.11 Å². The third-order valence-electron chi connectivity index (χ3n) is 2.19. The predicted molar refractivity (Wildman–Crippen MR) is 69.4 cm³/mol. The maximum absolute atomic E-state index is 9.84. The molecule has 0 aromatic carbocycles. The van der Waals surface area contributed by atoms with Crippen molar-refractivity contribution >= 4 is 28.9 Å². The van der Waals surface area contributed by atoms with Gasteiger partial charge in [0.1, 0.15) is 0 Å². The summed E-state index contributed by atoms with van der Waals surface area (Å²) in [5.74, 6) is 0.521. The fourth-order valence-electron chi connectivity index (χ4n) is 1.35. The maximum atomic E-state index is 9.84. The molecule has 0 aliphatic rings. The minimum Gasteiger partial charge on any atom is -0.388 e. The summed E-state index contributed by atoms with van der Waals surface area (Å²) in [6, 6.07) is 3.85. The van der Waals surface area contributed by atoms with E-state index in [2.05, 4.69) is 15.3 Å². The molecule has 0 radical (unpaired) electrons. The number of hydrogen-bond donors (Lipinski definition) is 2. The maximum Gasteiger partial charge on any atom is 0.222 e. The number of halogens is 1. The van der Waals surface area contributed by atoms with Gasteiger partial charge in [-0.15, -0.1) is 11.3 Å². The summed E-state index contributed by atoms with van der Waals surface area (Å²) in [7, 11) is 0. The van der Waals surface area contributed by atoms with Crippen LogP contribution < -0.4 is 5.32 Å². The van der Waals surface area contributed by atoms with E-state index in [0.29, 0.717) is 23.9 Å². The molecule has 0 saturated carbocycles. The molecule has 0 amide bonds. The van der Waals surface area contributed by atoms with Crippen molar-refractivity contribution in [2.45, 2.75) is 12.5 Å². The van der Waals surface area contributed by atoms with Crippen LogP contribution in [-0.2, 0) is 0 Å². The number of thiophene rings is 1. The molecule has 0 saturated heterocycles. The highest BCUT2D eigenvalue weighted by Crippen LogP contribution is 2.21. The number of anilines is 1. The van der Waals surface area contributed by atoms with Gasteiger partial charge in [0, 0.05) is 11.4 Å². The fourth-order valence-corrected chi connectivity index (χ4v) is 2.19. The number of rotatable bonds is 5. The second-order valence-corrected chi connectivity index (χ2v) is 4.89. The van der Waals surface area contributed by atoms with Crippen LogP contribution in [0.1, 0.15) is 17.4 Å². The molecule has 0 bridgehead atoms. The lowest BCUT2D eigenvalue weighted by atomic mass is 10.2. The van der Waals surface area contributed by atoms with E-state index >= 15 is 0 Å². The van der Waals surface area contributed by atoms with Crippen LogP contribution in [-0.4, -0.2) is 21.6 Å². The molecule has 0 fully saturated rings. The van der Waals surface area contributed by atoms with E-state index in [-0.39, 0.29) is 0 Å². The first-order valence-electron chi connectivity index (χ1n) is 5.18. The highest BCUT2D eigenvalue weighted by molar-refractivity contribution is 7.10. The van der Waals surface area contributed by atoms with Crippen molar-refractivity contribution in [2.75, 3.05) is 11.9 Å². The molecule has 0 aliphatic heterocycles. The molecular weight excluding hydrogens is 258 g/mol. The van der Waals surface area contributed by atoms with Gasteiger partial charge < -0.3 is 10.4 Å². The van der Waals surface area contributed by atoms with E-state index in [1.54, 1.807) is 11.3 Å². The van der Waals surface area contributed by atoms with Gasteiger partial charge in [0.2, 0.25) is 5.95 Å². The van der Waals surface area contributed by atoms with Gasteiger partial charge in [-0.1, -0.05) is 17.7 Å². The van der Waals surface area contributed by atoms with Crippen LogP contribution in [0.3, 0.4) is 0 Å². The van der Waals surface area contributed by atoms with E-state index < -0.39 is 6.10 Å². The van der Waals surface area contributed by atoms with E-state index in [1.807, 2.05) is 17.5 Å². The van der Waals surface area contributed by atoms with Crippen molar-refractivity contribution in [1.29, 1.82) is 0 Å². The fraction of sp³-hybridized carbons (Fsp3) is 0.273. The van der Waals surface area contributed by atoms with Gasteiger partial charge in [0.05, 0.1) is 23.5 Å². The van der Waals surface area contributed by atoms with E-state index in [0.717, 1.165) is 4.88 Å². The molecule has 2 aromatic rings. The number of aliphatic hydroxyl groups is 1. The molecule has 2 heterocycles. The van der Waals surface area contributed by atoms with Gasteiger partial charge >= 0.3 is 0 Å². The number of aliphatic hydroxyl groups excluding tert-OH is 1. The van der Waals surface area contributed by atoms with Gasteiger partial charge in [-0.25, -0.2) is 9.97 Å². The lowest BCUT2D eigenvalue weighted by molar-refractivity contribution is 0.175. The lowest BCUT2D eigenvalue weighted by Gasteiger charge is -2.09. The molecule has 0 aliphatic carbocycles. The Morgan fingerprint density at radius 3 is 2.82 bits per heavy atom. The van der Waals surface area contributed by atoms with Crippen LogP contribution in [0.5, 0.6) is 0 Å². The second kappa shape index (κ2) is 5.95. The monoisotopic (exact) mass is 269 g/mol. The number of nitrogens with zero attached hydrogens (tertiary/aromatic N) is 2. The zero-order valence-corrected chi connectivity index (χ0v) is 10.6. The summed E-state index contributed by atoms with van der Waals surface area (Å²) in [6.07, 6.45) is 3.25. The highest BCUT2D eigenvalue weighted by Gasteiger charge is 2.07. The summed E-state index contributed by atoms with van der Waals surface area (Å²) < 4.78 is 0. The topological polar surface area (TPSA) is 58.0 Å². The normalized spacial score (nSPS) is 12.4.